The Labute approximate surface area is 135 Å². The zero-order chi connectivity index (χ0) is 15.4. The van der Waals surface area contributed by atoms with E-state index < -0.39 is 0 Å². The van der Waals surface area contributed by atoms with Crippen LogP contribution in [-0.4, -0.2) is 55.7 Å². The summed E-state index contributed by atoms with van der Waals surface area (Å²) in [4.78, 5) is 5.33. The van der Waals surface area contributed by atoms with Gasteiger partial charge in [0.05, 0.1) is 7.11 Å². The Balaban J connectivity index is 1.54. The molecule has 0 spiro atoms. The zero-order valence-electron chi connectivity index (χ0n) is 14.1. The van der Waals surface area contributed by atoms with E-state index in [2.05, 4.69) is 41.0 Å². The van der Waals surface area contributed by atoms with Gasteiger partial charge in [0.15, 0.2) is 0 Å². The van der Waals surface area contributed by atoms with Gasteiger partial charge in [0, 0.05) is 6.04 Å². The summed E-state index contributed by atoms with van der Waals surface area (Å²) in [6.07, 6.45) is 5.25. The molecule has 2 heterocycles. The van der Waals surface area contributed by atoms with Crippen molar-refractivity contribution in [2.45, 2.75) is 44.6 Å². The van der Waals surface area contributed by atoms with E-state index in [-0.39, 0.29) is 0 Å². The second kappa shape index (κ2) is 7.47. The van der Waals surface area contributed by atoms with Crippen LogP contribution in [0.5, 0.6) is 5.75 Å². The summed E-state index contributed by atoms with van der Waals surface area (Å²) < 4.78 is 5.55. The highest BCUT2D eigenvalue weighted by Crippen LogP contribution is 2.35. The maximum Gasteiger partial charge on any atom is 0.122 e. The van der Waals surface area contributed by atoms with Gasteiger partial charge in [-0.05, 0) is 76.0 Å². The lowest BCUT2D eigenvalue weighted by atomic mass is 9.87. The van der Waals surface area contributed by atoms with E-state index in [4.69, 9.17) is 4.74 Å². The van der Waals surface area contributed by atoms with Gasteiger partial charge in [0.2, 0.25) is 0 Å². The molecule has 0 amide bonds. The van der Waals surface area contributed by atoms with E-state index in [0.717, 1.165) is 11.8 Å². The summed E-state index contributed by atoms with van der Waals surface area (Å²) in [6.45, 7) is 8.56. The molecule has 3 nitrogen and oxygen atoms in total. The van der Waals surface area contributed by atoms with E-state index >= 15 is 0 Å². The molecule has 0 aliphatic carbocycles. The van der Waals surface area contributed by atoms with Gasteiger partial charge in [-0.2, -0.15) is 0 Å². The van der Waals surface area contributed by atoms with Crippen molar-refractivity contribution in [1.29, 1.82) is 0 Å². The molecule has 0 aromatic heterocycles. The SMILES string of the molecule is CCN1CCC(N2CCC(c3ccccc3OC)CC2)CC1. The molecule has 0 bridgehead atoms. The number of hydrogen-bond donors (Lipinski definition) is 0. The molecule has 1 aromatic carbocycles. The lowest BCUT2D eigenvalue weighted by molar-refractivity contribution is 0.0892. The lowest BCUT2D eigenvalue weighted by Crippen LogP contribution is -2.47. The summed E-state index contributed by atoms with van der Waals surface area (Å²) in [7, 11) is 1.79. The van der Waals surface area contributed by atoms with Crippen LogP contribution in [-0.2, 0) is 0 Å². The number of nitrogens with zero attached hydrogens (tertiary/aromatic N) is 2. The van der Waals surface area contributed by atoms with Crippen LogP contribution in [0.25, 0.3) is 0 Å². The molecule has 3 rings (SSSR count). The highest BCUT2D eigenvalue weighted by atomic mass is 16.5. The Kier molecular flexibility index (Phi) is 5.37. The largest absolute Gasteiger partial charge is 0.496 e. The average molecular weight is 302 g/mol. The Morgan fingerprint density at radius 3 is 2.32 bits per heavy atom. The van der Waals surface area contributed by atoms with Gasteiger partial charge in [-0.15, -0.1) is 0 Å². The van der Waals surface area contributed by atoms with Crippen LogP contribution in [0.15, 0.2) is 24.3 Å². The highest BCUT2D eigenvalue weighted by Gasteiger charge is 2.29. The van der Waals surface area contributed by atoms with E-state index in [1.54, 1.807) is 7.11 Å². The first-order valence-electron chi connectivity index (χ1n) is 8.91. The van der Waals surface area contributed by atoms with E-state index in [1.165, 1.54) is 64.0 Å². The van der Waals surface area contributed by atoms with Gasteiger partial charge in [0.25, 0.3) is 0 Å². The minimum absolute atomic E-state index is 0.670. The Hall–Kier alpha value is -1.06. The number of hydrogen-bond acceptors (Lipinski definition) is 3. The Morgan fingerprint density at radius 2 is 1.68 bits per heavy atom. The zero-order valence-corrected chi connectivity index (χ0v) is 14.1. The van der Waals surface area contributed by atoms with Crippen LogP contribution >= 0.6 is 0 Å². The first-order chi connectivity index (χ1) is 10.8. The third kappa shape index (κ3) is 3.47. The number of rotatable bonds is 4. The average Bonchev–Trinajstić information content (AvgIpc) is 2.62. The number of methoxy groups -OCH3 is 1. The second-order valence-electron chi connectivity index (χ2n) is 6.72. The van der Waals surface area contributed by atoms with E-state index in [0.29, 0.717) is 5.92 Å². The molecule has 0 radical (unpaired) electrons. The molecular weight excluding hydrogens is 272 g/mol. The molecule has 3 heteroatoms. The molecule has 0 saturated carbocycles. The molecule has 22 heavy (non-hydrogen) atoms. The van der Waals surface area contributed by atoms with Crippen LogP contribution in [0, 0.1) is 0 Å². The van der Waals surface area contributed by atoms with Gasteiger partial charge >= 0.3 is 0 Å². The van der Waals surface area contributed by atoms with Crippen molar-refractivity contribution in [3.8, 4) is 5.75 Å². The predicted octanol–water partition coefficient (Wildman–Crippen LogP) is 3.36. The fourth-order valence-electron chi connectivity index (χ4n) is 4.18. The van der Waals surface area contributed by atoms with Gasteiger partial charge in [-0.25, -0.2) is 0 Å². The smallest absolute Gasteiger partial charge is 0.122 e. The van der Waals surface area contributed by atoms with Crippen molar-refractivity contribution in [1.82, 2.24) is 9.80 Å². The van der Waals surface area contributed by atoms with Crippen molar-refractivity contribution in [2.24, 2.45) is 0 Å². The van der Waals surface area contributed by atoms with Crippen molar-refractivity contribution in [3.05, 3.63) is 29.8 Å². The summed E-state index contributed by atoms with van der Waals surface area (Å²) in [5, 5.41) is 0. The number of para-hydroxylation sites is 1. The molecule has 0 atom stereocenters. The van der Waals surface area contributed by atoms with Gasteiger partial charge in [-0.1, -0.05) is 25.1 Å². The second-order valence-corrected chi connectivity index (χ2v) is 6.72. The predicted molar refractivity (Wildman–Crippen MR) is 91.7 cm³/mol. The topological polar surface area (TPSA) is 15.7 Å². The minimum Gasteiger partial charge on any atom is -0.496 e. The van der Waals surface area contributed by atoms with Crippen LogP contribution in [0.2, 0.25) is 0 Å². The van der Waals surface area contributed by atoms with Crippen LogP contribution in [0.4, 0.5) is 0 Å². The molecule has 2 aliphatic heterocycles. The molecule has 1 aromatic rings. The number of piperidine rings is 2. The number of benzene rings is 1. The molecular formula is C19H30N2O. The fourth-order valence-corrected chi connectivity index (χ4v) is 4.18. The van der Waals surface area contributed by atoms with Crippen LogP contribution in [0.1, 0.15) is 44.1 Å². The van der Waals surface area contributed by atoms with Gasteiger partial charge in [-0.3, -0.25) is 0 Å². The van der Waals surface area contributed by atoms with Crippen molar-refractivity contribution in [2.75, 3.05) is 39.8 Å². The molecule has 122 valence electrons. The summed E-state index contributed by atoms with van der Waals surface area (Å²) in [5.41, 5.74) is 1.41. The maximum absolute atomic E-state index is 5.55. The van der Waals surface area contributed by atoms with Crippen molar-refractivity contribution >= 4 is 0 Å². The number of likely N-dealkylation sites (tertiary alicyclic amines) is 2. The normalized spacial score (nSPS) is 22.8. The first kappa shape index (κ1) is 15.8. The molecule has 2 aliphatic rings. The van der Waals surface area contributed by atoms with E-state index in [1.807, 2.05) is 0 Å². The summed E-state index contributed by atoms with van der Waals surface area (Å²) >= 11 is 0. The van der Waals surface area contributed by atoms with Crippen LogP contribution < -0.4 is 4.74 Å². The highest BCUT2D eigenvalue weighted by molar-refractivity contribution is 5.36. The third-order valence-corrected chi connectivity index (χ3v) is 5.63. The van der Waals surface area contributed by atoms with Crippen molar-refractivity contribution in [3.63, 3.8) is 0 Å². The minimum atomic E-state index is 0.670. The lowest BCUT2D eigenvalue weighted by Gasteiger charge is -2.41. The molecule has 0 N–H and O–H groups in total. The Bertz CT molecular complexity index is 460. The van der Waals surface area contributed by atoms with Crippen LogP contribution in [0.3, 0.4) is 0 Å². The van der Waals surface area contributed by atoms with Gasteiger partial charge < -0.3 is 14.5 Å². The summed E-state index contributed by atoms with van der Waals surface area (Å²) in [6, 6.07) is 9.38. The fraction of sp³-hybridized carbons (Fsp3) is 0.684. The monoisotopic (exact) mass is 302 g/mol. The molecule has 2 fully saturated rings. The molecule has 0 unspecified atom stereocenters. The number of ether oxygens (including phenoxy) is 1. The first-order valence-corrected chi connectivity index (χ1v) is 8.91. The van der Waals surface area contributed by atoms with E-state index in [9.17, 15) is 0 Å². The summed E-state index contributed by atoms with van der Waals surface area (Å²) in [5.74, 6) is 1.74. The van der Waals surface area contributed by atoms with Crippen molar-refractivity contribution < 1.29 is 4.74 Å². The quantitative estimate of drug-likeness (QED) is 0.848. The maximum atomic E-state index is 5.55. The van der Waals surface area contributed by atoms with Gasteiger partial charge in [0.1, 0.15) is 5.75 Å². The Morgan fingerprint density at radius 1 is 1.00 bits per heavy atom. The standard InChI is InChI=1S/C19H30N2O/c1-3-20-12-10-17(11-13-20)21-14-8-16(9-15-21)18-6-4-5-7-19(18)22-2/h4-7,16-17H,3,8-15H2,1-2H3. The molecule has 2 saturated heterocycles. The third-order valence-electron chi connectivity index (χ3n) is 5.63.